The van der Waals surface area contributed by atoms with E-state index in [1.807, 2.05) is 7.05 Å². The van der Waals surface area contributed by atoms with E-state index in [2.05, 4.69) is 5.32 Å². The predicted molar refractivity (Wildman–Crippen MR) is 71.0 cm³/mol. The van der Waals surface area contributed by atoms with Crippen molar-refractivity contribution in [3.05, 3.63) is 29.8 Å². The van der Waals surface area contributed by atoms with Crippen LogP contribution in [0.2, 0.25) is 0 Å². The van der Waals surface area contributed by atoms with Crippen LogP contribution in [0.15, 0.2) is 29.2 Å². The molecule has 0 bridgehead atoms. The number of rotatable bonds is 6. The second kappa shape index (κ2) is 6.29. The van der Waals surface area contributed by atoms with Gasteiger partial charge in [0.15, 0.2) is 9.84 Å². The Morgan fingerprint density at radius 2 is 2.11 bits per heavy atom. The van der Waals surface area contributed by atoms with E-state index in [-0.39, 0.29) is 4.90 Å². The largest absolute Gasteiger partial charge is 0.387 e. The van der Waals surface area contributed by atoms with Crippen LogP contribution in [-0.2, 0) is 9.84 Å². The molecule has 0 aliphatic carbocycles. The average molecular weight is 272 g/mol. The normalized spacial score (nSPS) is 15.3. The maximum Gasteiger partial charge on any atom is 0.175 e. The lowest BCUT2D eigenvalue weighted by atomic mass is 10.0. The van der Waals surface area contributed by atoms with E-state index in [0.29, 0.717) is 18.5 Å². The van der Waals surface area contributed by atoms with Gasteiger partial charge >= 0.3 is 0 Å². The Bertz CT molecular complexity index is 488. The highest BCUT2D eigenvalue weighted by Crippen LogP contribution is 2.20. The van der Waals surface area contributed by atoms with Gasteiger partial charge in [-0.15, -0.1) is 0 Å². The lowest BCUT2D eigenvalue weighted by Gasteiger charge is -2.19. The summed E-state index contributed by atoms with van der Waals surface area (Å²) in [6.07, 6.45) is 0.889. The Morgan fingerprint density at radius 3 is 2.67 bits per heavy atom. The van der Waals surface area contributed by atoms with Crippen molar-refractivity contribution in [3.8, 4) is 0 Å². The van der Waals surface area contributed by atoms with Crippen molar-refractivity contribution in [3.63, 3.8) is 0 Å². The topological polar surface area (TPSA) is 92.4 Å². The molecule has 0 fully saturated rings. The van der Waals surface area contributed by atoms with Crippen LogP contribution < -0.4 is 11.1 Å². The highest BCUT2D eigenvalue weighted by molar-refractivity contribution is 7.90. The first kappa shape index (κ1) is 15.1. The van der Waals surface area contributed by atoms with E-state index < -0.39 is 22.0 Å². The molecule has 0 aliphatic rings. The molecule has 4 N–H and O–H groups in total. The molecule has 2 atom stereocenters. The van der Waals surface area contributed by atoms with Crippen molar-refractivity contribution < 1.29 is 13.5 Å². The van der Waals surface area contributed by atoms with Crippen LogP contribution in [0.3, 0.4) is 0 Å². The van der Waals surface area contributed by atoms with Gasteiger partial charge in [0.1, 0.15) is 0 Å². The summed E-state index contributed by atoms with van der Waals surface area (Å²) in [4.78, 5) is 0.194. The van der Waals surface area contributed by atoms with Crippen LogP contribution in [0.1, 0.15) is 18.1 Å². The van der Waals surface area contributed by atoms with Crippen LogP contribution in [0.4, 0.5) is 0 Å². The van der Waals surface area contributed by atoms with E-state index >= 15 is 0 Å². The number of nitrogens with two attached hydrogens (primary N) is 1. The molecular formula is C12H20N2O3S. The molecule has 0 saturated carbocycles. The summed E-state index contributed by atoms with van der Waals surface area (Å²) in [5.41, 5.74) is 6.38. The number of benzene rings is 1. The minimum Gasteiger partial charge on any atom is -0.387 e. The van der Waals surface area contributed by atoms with Gasteiger partial charge in [0.25, 0.3) is 0 Å². The van der Waals surface area contributed by atoms with Crippen molar-refractivity contribution >= 4 is 9.84 Å². The molecule has 0 spiro atoms. The van der Waals surface area contributed by atoms with Gasteiger partial charge in [0.2, 0.25) is 0 Å². The summed E-state index contributed by atoms with van der Waals surface area (Å²) in [5.74, 6) is 0. The van der Waals surface area contributed by atoms with Crippen molar-refractivity contribution in [2.45, 2.75) is 23.5 Å². The van der Waals surface area contributed by atoms with Gasteiger partial charge in [-0.05, 0) is 37.7 Å². The zero-order valence-electron chi connectivity index (χ0n) is 10.6. The maximum atomic E-state index is 11.4. The molecule has 5 nitrogen and oxygen atoms in total. The fourth-order valence-corrected chi connectivity index (χ4v) is 2.32. The van der Waals surface area contributed by atoms with Crippen molar-refractivity contribution in [2.24, 2.45) is 5.73 Å². The standard InChI is InChI=1S/C12H20N2O3S/c1-14-7-6-11(13)12(15)9-4-3-5-10(8-9)18(2,16)17/h3-5,8,11-12,14-15H,6-7,13H2,1-2H3. The molecule has 0 radical (unpaired) electrons. The minimum absolute atomic E-state index is 0.194. The summed E-state index contributed by atoms with van der Waals surface area (Å²) >= 11 is 0. The number of sulfone groups is 1. The lowest BCUT2D eigenvalue weighted by molar-refractivity contribution is 0.142. The van der Waals surface area contributed by atoms with Crippen LogP contribution in [-0.4, -0.2) is 39.4 Å². The van der Waals surface area contributed by atoms with Crippen LogP contribution >= 0.6 is 0 Å². The Hall–Kier alpha value is -0.950. The molecule has 0 heterocycles. The summed E-state index contributed by atoms with van der Waals surface area (Å²) < 4.78 is 22.9. The molecule has 0 aromatic heterocycles. The number of hydrogen-bond acceptors (Lipinski definition) is 5. The van der Waals surface area contributed by atoms with Gasteiger partial charge in [-0.1, -0.05) is 12.1 Å². The first-order valence-corrected chi connectivity index (χ1v) is 7.63. The summed E-state index contributed by atoms with van der Waals surface area (Å²) in [6, 6.07) is 5.84. The molecule has 6 heteroatoms. The maximum absolute atomic E-state index is 11.4. The Labute approximate surface area is 108 Å². The van der Waals surface area contributed by atoms with Gasteiger partial charge in [0, 0.05) is 12.3 Å². The summed E-state index contributed by atoms with van der Waals surface area (Å²) in [6.45, 7) is 0.698. The lowest BCUT2D eigenvalue weighted by Crippen LogP contribution is -2.31. The van der Waals surface area contributed by atoms with Crippen LogP contribution in [0.5, 0.6) is 0 Å². The van der Waals surface area contributed by atoms with E-state index in [4.69, 9.17) is 5.73 Å². The highest BCUT2D eigenvalue weighted by Gasteiger charge is 2.18. The van der Waals surface area contributed by atoms with E-state index in [1.54, 1.807) is 12.1 Å². The van der Waals surface area contributed by atoms with Gasteiger partial charge in [0.05, 0.1) is 11.0 Å². The molecule has 0 saturated heterocycles. The molecule has 2 unspecified atom stereocenters. The number of aliphatic hydroxyl groups is 1. The van der Waals surface area contributed by atoms with Gasteiger partial charge < -0.3 is 16.2 Å². The fraction of sp³-hybridized carbons (Fsp3) is 0.500. The third-order valence-corrected chi connectivity index (χ3v) is 3.87. The quantitative estimate of drug-likeness (QED) is 0.681. The molecule has 1 aromatic carbocycles. The third-order valence-electron chi connectivity index (χ3n) is 2.76. The number of nitrogens with one attached hydrogen (secondary N) is 1. The van der Waals surface area contributed by atoms with Crippen LogP contribution in [0.25, 0.3) is 0 Å². The molecule has 0 amide bonds. The van der Waals surface area contributed by atoms with E-state index in [1.165, 1.54) is 12.1 Å². The van der Waals surface area contributed by atoms with Crippen LogP contribution in [0, 0.1) is 0 Å². The van der Waals surface area contributed by atoms with Gasteiger partial charge in [-0.3, -0.25) is 0 Å². The highest BCUT2D eigenvalue weighted by atomic mass is 32.2. The van der Waals surface area contributed by atoms with Crippen molar-refractivity contribution in [1.82, 2.24) is 5.32 Å². The summed E-state index contributed by atoms with van der Waals surface area (Å²) in [7, 11) is -1.46. The molecule has 0 aliphatic heterocycles. The van der Waals surface area contributed by atoms with Crippen molar-refractivity contribution in [1.29, 1.82) is 0 Å². The minimum atomic E-state index is -3.27. The predicted octanol–water partition coefficient (Wildman–Crippen LogP) is 0.0603. The Balaban J connectivity index is 2.90. The first-order chi connectivity index (χ1) is 8.36. The fourth-order valence-electron chi connectivity index (χ4n) is 1.65. The first-order valence-electron chi connectivity index (χ1n) is 5.74. The monoisotopic (exact) mass is 272 g/mol. The second-order valence-electron chi connectivity index (χ2n) is 4.35. The third kappa shape index (κ3) is 4.06. The Kier molecular flexibility index (Phi) is 5.28. The number of aliphatic hydroxyl groups excluding tert-OH is 1. The molecular weight excluding hydrogens is 252 g/mol. The Morgan fingerprint density at radius 1 is 1.44 bits per heavy atom. The molecule has 1 aromatic rings. The van der Waals surface area contributed by atoms with Crippen molar-refractivity contribution in [2.75, 3.05) is 19.8 Å². The second-order valence-corrected chi connectivity index (χ2v) is 6.36. The number of hydrogen-bond donors (Lipinski definition) is 3. The average Bonchev–Trinajstić information content (AvgIpc) is 2.34. The molecule has 18 heavy (non-hydrogen) atoms. The van der Waals surface area contributed by atoms with E-state index in [9.17, 15) is 13.5 Å². The summed E-state index contributed by atoms with van der Waals surface area (Å²) in [5, 5.41) is 13.0. The molecule has 1 rings (SSSR count). The smallest absolute Gasteiger partial charge is 0.175 e. The zero-order valence-corrected chi connectivity index (χ0v) is 11.4. The van der Waals surface area contributed by atoms with Gasteiger partial charge in [-0.25, -0.2) is 8.42 Å². The van der Waals surface area contributed by atoms with Gasteiger partial charge in [-0.2, -0.15) is 0 Å². The van der Waals surface area contributed by atoms with E-state index in [0.717, 1.165) is 6.26 Å². The SMILES string of the molecule is CNCCC(N)C(O)c1cccc(S(C)(=O)=O)c1. The zero-order chi connectivity index (χ0) is 13.8. The molecule has 102 valence electrons.